The monoisotopic (exact) mass is 478 g/mol. The molecule has 0 aliphatic carbocycles. The smallest absolute Gasteiger partial charge is 0.376 e. The van der Waals surface area contributed by atoms with Crippen LogP contribution in [0.25, 0.3) is 0 Å². The third-order valence-corrected chi connectivity index (χ3v) is 6.65. The molecule has 4 heterocycles. The molecule has 2 aromatic rings. The fraction of sp³-hybridized carbons (Fsp3) is 0.529. The number of anilines is 1. The highest BCUT2D eigenvalue weighted by Gasteiger charge is 2.48. The van der Waals surface area contributed by atoms with Gasteiger partial charge in [-0.3, -0.25) is 4.79 Å². The van der Waals surface area contributed by atoms with Crippen LogP contribution in [-0.4, -0.2) is 41.1 Å². The van der Waals surface area contributed by atoms with E-state index in [1.807, 2.05) is 5.38 Å². The number of hydrogen-bond donors (Lipinski definition) is 2. The third kappa shape index (κ3) is 3.79. The minimum atomic E-state index is -4.48. The highest BCUT2D eigenvalue weighted by Crippen LogP contribution is 2.46. The molecule has 2 aliphatic heterocycles. The number of nitrogens with zero attached hydrogens (tertiary/aromatic N) is 2. The van der Waals surface area contributed by atoms with Crippen LogP contribution in [0.1, 0.15) is 46.7 Å². The van der Waals surface area contributed by atoms with Gasteiger partial charge in [0.15, 0.2) is 11.7 Å². The fourth-order valence-corrected chi connectivity index (χ4v) is 4.85. The van der Waals surface area contributed by atoms with Crippen molar-refractivity contribution in [3.63, 3.8) is 0 Å². The maximum Gasteiger partial charge on any atom is 0.410 e. The molecule has 0 saturated carbocycles. The molecule has 1 fully saturated rings. The average molecular weight is 479 g/mol. The molecule has 2 aliphatic rings. The first-order valence-corrected chi connectivity index (χ1v) is 10.6. The number of rotatable bonds is 4. The summed E-state index contributed by atoms with van der Waals surface area (Å²) in [6.45, 7) is 0.964. The second kappa shape index (κ2) is 7.68. The first-order valence-electron chi connectivity index (χ1n) is 8.89. The number of fused-ring (bicyclic) bond motifs is 1. The lowest BCUT2D eigenvalue weighted by molar-refractivity contribution is -0.173. The second-order valence-corrected chi connectivity index (χ2v) is 8.58. The van der Waals surface area contributed by atoms with Gasteiger partial charge in [-0.1, -0.05) is 6.07 Å². The summed E-state index contributed by atoms with van der Waals surface area (Å²) in [5.41, 5.74) is -0.0680. The van der Waals surface area contributed by atoms with E-state index in [-0.39, 0.29) is 28.5 Å². The standard InChI is InChI=1S/C17H18BrF3N4O2S/c18-13-14(16(26)22-8-9-3-1-5-27-9)24-25-12(17(19,20)21)7-10(23-15(13)25)11-4-2-6-28-11/h2,4,6,9-10,12,23H,1,3,5,7-8H2,(H,22,26)/t9-,10+,12-/m0/s1. The molecule has 0 spiro atoms. The van der Waals surface area contributed by atoms with E-state index in [1.54, 1.807) is 12.1 Å². The Morgan fingerprint density at radius 1 is 1.50 bits per heavy atom. The molecule has 0 bridgehead atoms. The molecule has 3 atom stereocenters. The highest BCUT2D eigenvalue weighted by atomic mass is 79.9. The molecule has 28 heavy (non-hydrogen) atoms. The Kier molecular flexibility index (Phi) is 5.41. The van der Waals surface area contributed by atoms with Crippen molar-refractivity contribution < 1.29 is 22.7 Å². The van der Waals surface area contributed by atoms with Gasteiger partial charge in [-0.15, -0.1) is 11.3 Å². The number of amides is 1. The van der Waals surface area contributed by atoms with Crippen LogP contribution in [0, 0.1) is 0 Å². The quantitative estimate of drug-likeness (QED) is 0.688. The molecule has 0 radical (unpaired) electrons. The number of nitrogens with one attached hydrogen (secondary N) is 2. The van der Waals surface area contributed by atoms with Gasteiger partial charge in [0.05, 0.1) is 16.6 Å². The summed E-state index contributed by atoms with van der Waals surface area (Å²) in [6, 6.07) is 1.28. The van der Waals surface area contributed by atoms with Gasteiger partial charge in [0.1, 0.15) is 5.82 Å². The molecule has 11 heteroatoms. The van der Waals surface area contributed by atoms with Gasteiger partial charge in [-0.2, -0.15) is 18.3 Å². The lowest BCUT2D eigenvalue weighted by Crippen LogP contribution is -2.36. The zero-order chi connectivity index (χ0) is 19.9. The van der Waals surface area contributed by atoms with Crippen molar-refractivity contribution in [1.82, 2.24) is 15.1 Å². The average Bonchev–Trinajstić information content (AvgIpc) is 3.40. The van der Waals surface area contributed by atoms with Crippen LogP contribution in [0.5, 0.6) is 0 Å². The summed E-state index contributed by atoms with van der Waals surface area (Å²) in [5, 5.41) is 11.6. The van der Waals surface area contributed by atoms with E-state index < -0.39 is 24.2 Å². The molecule has 0 unspecified atom stereocenters. The van der Waals surface area contributed by atoms with E-state index in [0.717, 1.165) is 22.4 Å². The second-order valence-electron chi connectivity index (χ2n) is 6.81. The van der Waals surface area contributed by atoms with E-state index in [1.165, 1.54) is 11.3 Å². The van der Waals surface area contributed by atoms with E-state index in [4.69, 9.17) is 4.74 Å². The van der Waals surface area contributed by atoms with Gasteiger partial charge in [0.25, 0.3) is 5.91 Å². The number of alkyl halides is 3. The van der Waals surface area contributed by atoms with Crippen LogP contribution in [-0.2, 0) is 4.74 Å². The first kappa shape index (κ1) is 19.7. The Hall–Kier alpha value is -1.59. The topological polar surface area (TPSA) is 68.2 Å². The number of ether oxygens (including phenoxy) is 1. The molecule has 152 valence electrons. The third-order valence-electron chi connectivity index (χ3n) is 4.91. The van der Waals surface area contributed by atoms with Crippen molar-refractivity contribution >= 4 is 39.0 Å². The molecule has 2 N–H and O–H groups in total. The minimum Gasteiger partial charge on any atom is -0.376 e. The van der Waals surface area contributed by atoms with Gasteiger partial charge in [-0.05, 0) is 40.2 Å². The van der Waals surface area contributed by atoms with Gasteiger partial charge in [0, 0.05) is 24.4 Å². The Morgan fingerprint density at radius 2 is 2.32 bits per heavy atom. The summed E-state index contributed by atoms with van der Waals surface area (Å²) in [7, 11) is 0. The number of carbonyl (C=O) groups excluding carboxylic acids is 1. The highest BCUT2D eigenvalue weighted by molar-refractivity contribution is 9.10. The van der Waals surface area contributed by atoms with Gasteiger partial charge >= 0.3 is 6.18 Å². The predicted octanol–water partition coefficient (Wildman–Crippen LogP) is 4.28. The van der Waals surface area contributed by atoms with E-state index in [9.17, 15) is 18.0 Å². The SMILES string of the molecule is O=C(NC[C@@H]1CCCO1)c1nn2c(c1Br)N[C@@H](c1cccs1)C[C@H]2C(F)(F)F. The molecule has 0 aromatic carbocycles. The van der Waals surface area contributed by atoms with Crippen LogP contribution in [0.4, 0.5) is 19.0 Å². The van der Waals surface area contributed by atoms with Crippen LogP contribution in [0.3, 0.4) is 0 Å². The van der Waals surface area contributed by atoms with Gasteiger partial charge < -0.3 is 15.4 Å². The van der Waals surface area contributed by atoms with Crippen LogP contribution in [0.2, 0.25) is 0 Å². The van der Waals surface area contributed by atoms with E-state index in [2.05, 4.69) is 31.7 Å². The Bertz CT molecular complexity index is 849. The lowest BCUT2D eigenvalue weighted by Gasteiger charge is -2.33. The van der Waals surface area contributed by atoms with Gasteiger partial charge in [-0.25, -0.2) is 4.68 Å². The Labute approximate surface area is 171 Å². The van der Waals surface area contributed by atoms with Crippen LogP contribution >= 0.6 is 27.3 Å². The van der Waals surface area contributed by atoms with Crippen molar-refractivity contribution in [2.45, 2.75) is 43.6 Å². The number of halogens is 4. The van der Waals surface area contributed by atoms with Gasteiger partial charge in [0.2, 0.25) is 0 Å². The zero-order valence-electron chi connectivity index (χ0n) is 14.6. The van der Waals surface area contributed by atoms with Crippen molar-refractivity contribution in [3.05, 3.63) is 32.6 Å². The van der Waals surface area contributed by atoms with Crippen molar-refractivity contribution in [3.8, 4) is 0 Å². The van der Waals surface area contributed by atoms with E-state index >= 15 is 0 Å². The molecular formula is C17H18BrF3N4O2S. The summed E-state index contributed by atoms with van der Waals surface area (Å²) in [6.07, 6.45) is -2.96. The number of hydrogen-bond acceptors (Lipinski definition) is 5. The van der Waals surface area contributed by atoms with Crippen LogP contribution in [0.15, 0.2) is 22.0 Å². The normalized spacial score (nSPS) is 24.6. The molecule has 1 saturated heterocycles. The fourth-order valence-electron chi connectivity index (χ4n) is 3.51. The van der Waals surface area contributed by atoms with Crippen molar-refractivity contribution in [2.75, 3.05) is 18.5 Å². The van der Waals surface area contributed by atoms with Crippen molar-refractivity contribution in [1.29, 1.82) is 0 Å². The first-order chi connectivity index (χ1) is 13.3. The molecule has 4 rings (SSSR count). The van der Waals surface area contributed by atoms with E-state index in [0.29, 0.717) is 13.2 Å². The van der Waals surface area contributed by atoms with Crippen LogP contribution < -0.4 is 10.6 Å². The number of thiophene rings is 1. The largest absolute Gasteiger partial charge is 0.410 e. The van der Waals surface area contributed by atoms with Crippen molar-refractivity contribution in [2.24, 2.45) is 0 Å². The predicted molar refractivity (Wildman–Crippen MR) is 102 cm³/mol. The Morgan fingerprint density at radius 3 is 2.96 bits per heavy atom. The molecule has 1 amide bonds. The number of aromatic nitrogens is 2. The summed E-state index contributed by atoms with van der Waals surface area (Å²) in [5.74, 6) is -0.367. The summed E-state index contributed by atoms with van der Waals surface area (Å²) < 4.78 is 47.7. The maximum atomic E-state index is 13.7. The molecule has 2 aromatic heterocycles. The molecule has 6 nitrogen and oxygen atoms in total. The summed E-state index contributed by atoms with van der Waals surface area (Å²) >= 11 is 4.66. The molecular weight excluding hydrogens is 461 g/mol. The minimum absolute atomic E-state index is 0.0655. The Balaban J connectivity index is 1.61. The summed E-state index contributed by atoms with van der Waals surface area (Å²) in [4.78, 5) is 13.3. The zero-order valence-corrected chi connectivity index (χ0v) is 17.0. The lowest BCUT2D eigenvalue weighted by atomic mass is 10.0. The number of carbonyl (C=O) groups is 1. The maximum absolute atomic E-state index is 13.7.